The van der Waals surface area contributed by atoms with Crippen molar-refractivity contribution in [3.8, 4) is 0 Å². The molecular formula is C11H13NaS2. The van der Waals surface area contributed by atoms with Gasteiger partial charge < -0.3 is 0 Å². The number of hydrogen-bond acceptors (Lipinski definition) is 1. The molecule has 0 amide bonds. The molecule has 2 rings (SSSR count). The van der Waals surface area contributed by atoms with Gasteiger partial charge in [0, 0.05) is 9.79 Å². The first-order valence-corrected chi connectivity index (χ1v) is 6.13. The van der Waals surface area contributed by atoms with Gasteiger partial charge in [0.25, 0.3) is 0 Å². The molecule has 0 spiro atoms. The summed E-state index contributed by atoms with van der Waals surface area (Å²) in [6.07, 6.45) is 4.22. The van der Waals surface area contributed by atoms with E-state index in [0.29, 0.717) is 0 Å². The zero-order chi connectivity index (χ0) is 9.26. The van der Waals surface area contributed by atoms with Gasteiger partial charge in [0.1, 0.15) is 0 Å². The minimum absolute atomic E-state index is 0. The van der Waals surface area contributed by atoms with Crippen molar-refractivity contribution in [2.75, 3.05) is 0 Å². The molecule has 0 saturated carbocycles. The molecule has 0 bridgehead atoms. The fourth-order valence-corrected chi connectivity index (χ4v) is 3.50. The average molecular weight is 232 g/mol. The summed E-state index contributed by atoms with van der Waals surface area (Å²) in [5, 5.41) is 4.51. The molecule has 14 heavy (non-hydrogen) atoms. The summed E-state index contributed by atoms with van der Waals surface area (Å²) in [6.45, 7) is 2.12. The molecule has 1 aliphatic heterocycles. The average Bonchev–Trinajstić information content (AvgIpc) is 2.61. The number of benzene rings is 1. The molecule has 0 fully saturated rings. The van der Waals surface area contributed by atoms with Gasteiger partial charge in [0.15, 0.2) is 0 Å². The van der Waals surface area contributed by atoms with E-state index in [1.807, 2.05) is 0 Å². The Morgan fingerprint density at radius 3 is 2.43 bits per heavy atom. The van der Waals surface area contributed by atoms with Gasteiger partial charge in [-0.05, 0) is 35.4 Å². The third-order valence-corrected chi connectivity index (χ3v) is 4.49. The van der Waals surface area contributed by atoms with Gasteiger partial charge >= 0.3 is 29.6 Å². The van der Waals surface area contributed by atoms with Crippen LogP contribution < -0.4 is 0 Å². The summed E-state index contributed by atoms with van der Waals surface area (Å²) in [4.78, 5) is 2.47. The molecule has 3 heteroatoms. The Kier molecular flexibility index (Phi) is 4.88. The van der Waals surface area contributed by atoms with E-state index >= 15 is 0 Å². The van der Waals surface area contributed by atoms with Gasteiger partial charge in [-0.15, -0.1) is 12.6 Å². The Bertz CT molecular complexity index is 371. The van der Waals surface area contributed by atoms with Crippen molar-refractivity contribution in [3.63, 3.8) is 0 Å². The quantitative estimate of drug-likeness (QED) is 0.539. The van der Waals surface area contributed by atoms with Crippen LogP contribution in [0.15, 0.2) is 51.0 Å². The first kappa shape index (κ1) is 12.5. The molecule has 0 aliphatic carbocycles. The molecule has 0 atom stereocenters. The van der Waals surface area contributed by atoms with Crippen LogP contribution in [0.5, 0.6) is 0 Å². The van der Waals surface area contributed by atoms with E-state index in [1.165, 1.54) is 10.5 Å². The van der Waals surface area contributed by atoms with Crippen molar-refractivity contribution in [1.82, 2.24) is 0 Å². The van der Waals surface area contributed by atoms with E-state index in [4.69, 9.17) is 0 Å². The van der Waals surface area contributed by atoms with E-state index in [0.717, 1.165) is 4.90 Å². The SMILES string of the molecule is Cc1ccc(S)c([SH]2C=CC=C2)c1.[NaH]. The number of hydrogen-bond donors (Lipinski definition) is 2. The third-order valence-electron chi connectivity index (χ3n) is 2.01. The molecule has 0 N–H and O–H groups in total. The predicted molar refractivity (Wildman–Crippen MR) is 71.1 cm³/mol. The summed E-state index contributed by atoms with van der Waals surface area (Å²) in [7, 11) is -0.215. The van der Waals surface area contributed by atoms with Crippen molar-refractivity contribution in [1.29, 1.82) is 0 Å². The van der Waals surface area contributed by atoms with Crippen LogP contribution in [0, 0.1) is 6.92 Å². The van der Waals surface area contributed by atoms with Crippen LogP contribution >= 0.6 is 23.5 Å². The molecule has 70 valence electrons. The van der Waals surface area contributed by atoms with Gasteiger partial charge in [-0.2, -0.15) is 10.9 Å². The second kappa shape index (κ2) is 5.47. The Morgan fingerprint density at radius 2 is 1.79 bits per heavy atom. The Balaban J connectivity index is 0.000000980. The second-order valence-electron chi connectivity index (χ2n) is 3.08. The molecule has 1 heterocycles. The van der Waals surface area contributed by atoms with Crippen LogP contribution in [0.1, 0.15) is 5.56 Å². The Hall–Kier alpha value is 0.400. The summed E-state index contributed by atoms with van der Waals surface area (Å²) < 4.78 is 0. The summed E-state index contributed by atoms with van der Waals surface area (Å²) in [5.74, 6) is 0. The van der Waals surface area contributed by atoms with Gasteiger partial charge in [-0.25, -0.2) is 0 Å². The fraction of sp³-hybridized carbons (Fsp3) is 0.0909. The molecular weight excluding hydrogens is 219 g/mol. The number of allylic oxidation sites excluding steroid dienone is 2. The van der Waals surface area contributed by atoms with Gasteiger partial charge in [-0.1, -0.05) is 18.2 Å². The molecule has 0 radical (unpaired) electrons. The summed E-state index contributed by atoms with van der Waals surface area (Å²) >= 11 is 4.47. The van der Waals surface area contributed by atoms with Crippen molar-refractivity contribution in [2.24, 2.45) is 0 Å². The molecule has 1 aliphatic rings. The van der Waals surface area contributed by atoms with E-state index in [2.05, 4.69) is 60.7 Å². The molecule has 0 saturated heterocycles. The van der Waals surface area contributed by atoms with Crippen molar-refractivity contribution >= 4 is 53.1 Å². The number of thiol groups is 2. The van der Waals surface area contributed by atoms with Crippen LogP contribution in [-0.2, 0) is 0 Å². The van der Waals surface area contributed by atoms with Crippen molar-refractivity contribution in [3.05, 3.63) is 46.7 Å². The first-order chi connectivity index (χ1) is 6.27. The Labute approximate surface area is 116 Å². The molecule has 0 unspecified atom stereocenters. The van der Waals surface area contributed by atoms with Crippen LogP contribution in [0.2, 0.25) is 0 Å². The molecule has 1 aromatic carbocycles. The molecule has 1 aromatic rings. The van der Waals surface area contributed by atoms with E-state index < -0.39 is 0 Å². The van der Waals surface area contributed by atoms with Crippen LogP contribution in [0.3, 0.4) is 0 Å². The molecule has 0 aromatic heterocycles. The standard InChI is InChI=1S/C11H12S2.Na.H/c1-9-4-5-10(12)11(8-9)13-6-2-3-7-13;;/h2-8,12-13H,1H3;;. The fourth-order valence-electron chi connectivity index (χ4n) is 1.34. The Morgan fingerprint density at radius 1 is 1.14 bits per heavy atom. The van der Waals surface area contributed by atoms with Crippen molar-refractivity contribution < 1.29 is 0 Å². The van der Waals surface area contributed by atoms with Gasteiger partial charge in [0.2, 0.25) is 0 Å². The predicted octanol–water partition coefficient (Wildman–Crippen LogP) is 3.04. The van der Waals surface area contributed by atoms with Gasteiger partial charge in [0.05, 0.1) is 0 Å². The topological polar surface area (TPSA) is 0 Å². The zero-order valence-electron chi connectivity index (χ0n) is 7.44. The van der Waals surface area contributed by atoms with Crippen molar-refractivity contribution in [2.45, 2.75) is 16.7 Å². The van der Waals surface area contributed by atoms with Crippen LogP contribution in [0.4, 0.5) is 0 Å². The van der Waals surface area contributed by atoms with Crippen LogP contribution in [-0.4, -0.2) is 29.6 Å². The first-order valence-electron chi connectivity index (χ1n) is 4.20. The second-order valence-corrected chi connectivity index (χ2v) is 5.46. The van der Waals surface area contributed by atoms with E-state index in [1.54, 1.807) is 0 Å². The summed E-state index contributed by atoms with van der Waals surface area (Å²) in [5.41, 5.74) is 1.31. The molecule has 0 nitrogen and oxygen atoms in total. The summed E-state index contributed by atoms with van der Waals surface area (Å²) in [6, 6.07) is 6.41. The van der Waals surface area contributed by atoms with E-state index in [9.17, 15) is 0 Å². The number of aryl methyl sites for hydroxylation is 1. The zero-order valence-corrected chi connectivity index (χ0v) is 9.22. The maximum atomic E-state index is 4.47. The maximum absolute atomic E-state index is 4.47. The third kappa shape index (κ3) is 2.71. The van der Waals surface area contributed by atoms with Crippen LogP contribution in [0.25, 0.3) is 0 Å². The minimum atomic E-state index is -0.215. The normalized spacial score (nSPS) is 15.7. The number of rotatable bonds is 1. The van der Waals surface area contributed by atoms with E-state index in [-0.39, 0.29) is 40.5 Å². The monoisotopic (exact) mass is 232 g/mol. The van der Waals surface area contributed by atoms with Gasteiger partial charge in [-0.3, -0.25) is 0 Å².